The van der Waals surface area contributed by atoms with E-state index >= 15 is 0 Å². The molecule has 0 radical (unpaired) electrons. The SMILES string of the molecule is C=CCOC(=O)Nc1c(Br)cc(F)c(C(=O)O)c1F. The van der Waals surface area contributed by atoms with E-state index in [0.717, 1.165) is 6.07 Å². The maximum Gasteiger partial charge on any atom is 0.412 e. The van der Waals surface area contributed by atoms with Gasteiger partial charge in [0.15, 0.2) is 5.82 Å². The van der Waals surface area contributed by atoms with Crippen LogP contribution in [0.3, 0.4) is 0 Å². The van der Waals surface area contributed by atoms with E-state index in [-0.39, 0.29) is 11.1 Å². The van der Waals surface area contributed by atoms with Crippen molar-refractivity contribution >= 4 is 33.7 Å². The number of aromatic carboxylic acids is 1. The zero-order valence-electron chi connectivity index (χ0n) is 9.37. The van der Waals surface area contributed by atoms with Gasteiger partial charge in [-0.15, -0.1) is 0 Å². The van der Waals surface area contributed by atoms with Crippen molar-refractivity contribution in [3.63, 3.8) is 0 Å². The zero-order valence-corrected chi connectivity index (χ0v) is 11.0. The number of carbonyl (C=O) groups excluding carboxylic acids is 1. The van der Waals surface area contributed by atoms with Crippen molar-refractivity contribution in [3.05, 3.63) is 40.4 Å². The van der Waals surface area contributed by atoms with Crippen LogP contribution >= 0.6 is 15.9 Å². The van der Waals surface area contributed by atoms with E-state index in [1.54, 1.807) is 0 Å². The van der Waals surface area contributed by atoms with Gasteiger partial charge in [-0.3, -0.25) is 5.32 Å². The van der Waals surface area contributed by atoms with E-state index in [4.69, 9.17) is 5.11 Å². The zero-order chi connectivity index (χ0) is 14.6. The number of hydrogen-bond donors (Lipinski definition) is 2. The van der Waals surface area contributed by atoms with Crippen molar-refractivity contribution in [2.75, 3.05) is 11.9 Å². The largest absolute Gasteiger partial charge is 0.477 e. The minimum absolute atomic E-state index is 0.113. The lowest BCUT2D eigenvalue weighted by molar-refractivity contribution is 0.0686. The number of carboxylic acids is 1. The number of hydrogen-bond acceptors (Lipinski definition) is 3. The van der Waals surface area contributed by atoms with Crippen molar-refractivity contribution in [2.24, 2.45) is 0 Å². The van der Waals surface area contributed by atoms with Gasteiger partial charge in [-0.1, -0.05) is 12.7 Å². The summed E-state index contributed by atoms with van der Waals surface area (Å²) in [5.74, 6) is -4.46. The van der Waals surface area contributed by atoms with Crippen LogP contribution in [-0.2, 0) is 4.74 Å². The first kappa shape index (κ1) is 15.1. The molecular weight excluding hydrogens is 328 g/mol. The summed E-state index contributed by atoms with van der Waals surface area (Å²) < 4.78 is 31.4. The first-order chi connectivity index (χ1) is 8.88. The van der Waals surface area contributed by atoms with Crippen molar-refractivity contribution < 1.29 is 28.2 Å². The topological polar surface area (TPSA) is 75.6 Å². The lowest BCUT2D eigenvalue weighted by atomic mass is 10.1. The lowest BCUT2D eigenvalue weighted by Gasteiger charge is -2.10. The molecule has 1 aromatic carbocycles. The summed E-state index contributed by atoms with van der Waals surface area (Å²) in [7, 11) is 0. The molecule has 0 aromatic heterocycles. The van der Waals surface area contributed by atoms with E-state index in [1.165, 1.54) is 6.08 Å². The lowest BCUT2D eigenvalue weighted by Crippen LogP contribution is -2.17. The maximum atomic E-state index is 13.8. The highest BCUT2D eigenvalue weighted by Gasteiger charge is 2.23. The Bertz CT molecular complexity index is 548. The highest BCUT2D eigenvalue weighted by atomic mass is 79.9. The van der Waals surface area contributed by atoms with E-state index in [1.807, 2.05) is 5.32 Å². The maximum absolute atomic E-state index is 13.8. The Hall–Kier alpha value is -1.96. The van der Waals surface area contributed by atoms with Gasteiger partial charge in [-0.2, -0.15) is 0 Å². The molecule has 0 bridgehead atoms. The van der Waals surface area contributed by atoms with E-state index in [9.17, 15) is 18.4 Å². The highest BCUT2D eigenvalue weighted by molar-refractivity contribution is 9.10. The Morgan fingerprint density at radius 3 is 2.68 bits per heavy atom. The standard InChI is InChI=1S/C11H8BrF2NO4/c1-2-3-19-11(18)15-9-5(12)4-6(13)7(8(9)14)10(16)17/h2,4H,1,3H2,(H,15,18)(H,16,17). The number of anilines is 1. The first-order valence-electron chi connectivity index (χ1n) is 4.84. The number of amides is 1. The number of benzene rings is 1. The van der Waals surface area contributed by atoms with Crippen LogP contribution in [-0.4, -0.2) is 23.8 Å². The molecule has 0 saturated heterocycles. The van der Waals surface area contributed by atoms with Crippen molar-refractivity contribution in [1.29, 1.82) is 0 Å². The molecule has 0 aliphatic rings. The number of rotatable bonds is 4. The summed E-state index contributed by atoms with van der Waals surface area (Å²) in [6.07, 6.45) is 0.264. The Morgan fingerprint density at radius 2 is 2.16 bits per heavy atom. The van der Waals surface area contributed by atoms with Gasteiger partial charge in [0.2, 0.25) is 0 Å². The van der Waals surface area contributed by atoms with Crippen LogP contribution in [0.25, 0.3) is 0 Å². The van der Waals surface area contributed by atoms with Gasteiger partial charge in [0, 0.05) is 4.47 Å². The minimum Gasteiger partial charge on any atom is -0.477 e. The molecule has 0 spiro atoms. The second-order valence-electron chi connectivity index (χ2n) is 3.22. The van der Waals surface area contributed by atoms with Crippen LogP contribution in [0.4, 0.5) is 19.3 Å². The van der Waals surface area contributed by atoms with Gasteiger partial charge in [0.05, 0.1) is 5.69 Å². The fraction of sp³-hybridized carbons (Fsp3) is 0.0909. The molecule has 19 heavy (non-hydrogen) atoms. The molecule has 0 aliphatic heterocycles. The predicted molar refractivity (Wildman–Crippen MR) is 66.2 cm³/mol. The Balaban J connectivity index is 3.14. The monoisotopic (exact) mass is 335 g/mol. The number of nitrogens with one attached hydrogen (secondary N) is 1. The van der Waals surface area contributed by atoms with Crippen LogP contribution in [0.1, 0.15) is 10.4 Å². The molecule has 2 N–H and O–H groups in total. The van der Waals surface area contributed by atoms with Gasteiger partial charge in [0.1, 0.15) is 18.0 Å². The Morgan fingerprint density at radius 1 is 1.53 bits per heavy atom. The van der Waals surface area contributed by atoms with Crippen LogP contribution in [0, 0.1) is 11.6 Å². The second kappa shape index (κ2) is 6.28. The second-order valence-corrected chi connectivity index (χ2v) is 4.08. The van der Waals surface area contributed by atoms with Gasteiger partial charge >= 0.3 is 12.1 Å². The first-order valence-corrected chi connectivity index (χ1v) is 5.63. The molecule has 102 valence electrons. The van der Waals surface area contributed by atoms with Crippen LogP contribution < -0.4 is 5.32 Å². The fourth-order valence-electron chi connectivity index (χ4n) is 1.17. The average Bonchev–Trinajstić information content (AvgIpc) is 2.31. The van der Waals surface area contributed by atoms with Gasteiger partial charge in [0.25, 0.3) is 0 Å². The average molecular weight is 336 g/mol. The summed E-state index contributed by atoms with van der Waals surface area (Å²) in [5, 5.41) is 10.7. The molecule has 0 heterocycles. The molecule has 0 atom stereocenters. The number of carboxylic acid groups (broad SMARTS) is 1. The molecule has 1 aromatic rings. The number of carbonyl (C=O) groups is 2. The van der Waals surface area contributed by atoms with Crippen molar-refractivity contribution in [3.8, 4) is 0 Å². The molecule has 5 nitrogen and oxygen atoms in total. The molecule has 1 amide bonds. The molecule has 0 saturated carbocycles. The van der Waals surface area contributed by atoms with E-state index in [2.05, 4.69) is 27.2 Å². The molecule has 0 unspecified atom stereocenters. The normalized spacial score (nSPS) is 9.84. The van der Waals surface area contributed by atoms with Crippen LogP contribution in [0.2, 0.25) is 0 Å². The third-order valence-corrected chi connectivity index (χ3v) is 2.57. The van der Waals surface area contributed by atoms with Gasteiger partial charge < -0.3 is 9.84 Å². The number of halogens is 3. The summed E-state index contributed by atoms with van der Waals surface area (Å²) in [5.41, 5.74) is -1.69. The van der Waals surface area contributed by atoms with E-state index < -0.39 is 34.9 Å². The van der Waals surface area contributed by atoms with E-state index in [0.29, 0.717) is 0 Å². The number of ether oxygens (including phenoxy) is 1. The highest BCUT2D eigenvalue weighted by Crippen LogP contribution is 2.30. The van der Waals surface area contributed by atoms with Crippen molar-refractivity contribution in [2.45, 2.75) is 0 Å². The van der Waals surface area contributed by atoms with Crippen LogP contribution in [0.5, 0.6) is 0 Å². The predicted octanol–water partition coefficient (Wildman–Crippen LogP) is 3.16. The Labute approximate surface area is 115 Å². The van der Waals surface area contributed by atoms with Gasteiger partial charge in [-0.25, -0.2) is 18.4 Å². The van der Waals surface area contributed by atoms with Gasteiger partial charge in [-0.05, 0) is 22.0 Å². The molecule has 8 heteroatoms. The summed E-state index contributed by atoms with van der Waals surface area (Å²) in [6, 6.07) is 0.732. The van der Waals surface area contributed by atoms with Crippen molar-refractivity contribution in [1.82, 2.24) is 0 Å². The smallest absolute Gasteiger partial charge is 0.412 e. The minimum atomic E-state index is -1.79. The molecule has 0 aliphatic carbocycles. The molecule has 0 fully saturated rings. The van der Waals surface area contributed by atoms with Crippen LogP contribution in [0.15, 0.2) is 23.2 Å². The summed E-state index contributed by atoms with van der Waals surface area (Å²) in [4.78, 5) is 21.9. The fourth-order valence-corrected chi connectivity index (χ4v) is 1.65. The molecule has 1 rings (SSSR count). The third kappa shape index (κ3) is 3.50. The Kier molecular flexibility index (Phi) is 4.99. The summed E-state index contributed by atoms with van der Waals surface area (Å²) in [6.45, 7) is 3.20. The third-order valence-electron chi connectivity index (χ3n) is 1.94. The molecular formula is C11H8BrF2NO4. The summed E-state index contributed by atoms with van der Waals surface area (Å²) >= 11 is 2.81. The quantitative estimate of drug-likeness (QED) is 0.828.